The van der Waals surface area contributed by atoms with Gasteiger partial charge in [-0.25, -0.2) is 0 Å². The third-order valence-corrected chi connectivity index (χ3v) is 3.44. The molecule has 19 heavy (non-hydrogen) atoms. The van der Waals surface area contributed by atoms with Crippen molar-refractivity contribution >= 4 is 5.78 Å². The SMILES string of the molecule is CCc1nn(C)cc1C(=O)c1ccc2c(c1)CCO2. The van der Waals surface area contributed by atoms with Crippen molar-refractivity contribution < 1.29 is 9.53 Å². The van der Waals surface area contributed by atoms with Gasteiger partial charge >= 0.3 is 0 Å². The fraction of sp³-hybridized carbons (Fsp3) is 0.333. The minimum absolute atomic E-state index is 0.0413. The molecule has 1 aliphatic heterocycles. The highest BCUT2D eigenvalue weighted by molar-refractivity contribution is 6.09. The number of fused-ring (bicyclic) bond motifs is 1. The van der Waals surface area contributed by atoms with Gasteiger partial charge in [-0.05, 0) is 30.2 Å². The first kappa shape index (κ1) is 12.0. The molecule has 0 amide bonds. The van der Waals surface area contributed by atoms with E-state index in [0.717, 1.165) is 29.8 Å². The number of aromatic nitrogens is 2. The van der Waals surface area contributed by atoms with Crippen LogP contribution in [0.15, 0.2) is 24.4 Å². The van der Waals surface area contributed by atoms with Crippen molar-refractivity contribution in [2.45, 2.75) is 19.8 Å². The van der Waals surface area contributed by atoms with Crippen LogP contribution in [0.25, 0.3) is 0 Å². The molecule has 1 aliphatic rings. The third-order valence-electron chi connectivity index (χ3n) is 3.44. The summed E-state index contributed by atoms with van der Waals surface area (Å²) in [5, 5.41) is 4.32. The second-order valence-corrected chi connectivity index (χ2v) is 4.77. The van der Waals surface area contributed by atoms with Gasteiger partial charge in [-0.1, -0.05) is 6.92 Å². The van der Waals surface area contributed by atoms with Gasteiger partial charge in [0.2, 0.25) is 0 Å². The summed E-state index contributed by atoms with van der Waals surface area (Å²) in [5.74, 6) is 0.943. The van der Waals surface area contributed by atoms with Crippen molar-refractivity contribution in [1.82, 2.24) is 9.78 Å². The van der Waals surface area contributed by atoms with Crippen LogP contribution in [0.5, 0.6) is 5.75 Å². The second-order valence-electron chi connectivity index (χ2n) is 4.77. The normalized spacial score (nSPS) is 13.2. The van der Waals surface area contributed by atoms with E-state index in [1.807, 2.05) is 32.2 Å². The molecule has 0 saturated carbocycles. The highest BCUT2D eigenvalue weighted by Gasteiger charge is 2.19. The zero-order chi connectivity index (χ0) is 13.4. The first-order valence-corrected chi connectivity index (χ1v) is 6.52. The Morgan fingerprint density at radius 3 is 3.11 bits per heavy atom. The molecule has 2 heterocycles. The first-order chi connectivity index (χ1) is 9.19. The van der Waals surface area contributed by atoms with Crippen molar-refractivity contribution in [3.63, 3.8) is 0 Å². The lowest BCUT2D eigenvalue weighted by Gasteiger charge is -2.03. The maximum absolute atomic E-state index is 12.5. The highest BCUT2D eigenvalue weighted by Crippen LogP contribution is 2.27. The minimum Gasteiger partial charge on any atom is -0.493 e. The summed E-state index contributed by atoms with van der Waals surface area (Å²) in [6.45, 7) is 2.72. The lowest BCUT2D eigenvalue weighted by molar-refractivity contribution is 0.103. The van der Waals surface area contributed by atoms with Gasteiger partial charge in [0.25, 0.3) is 0 Å². The van der Waals surface area contributed by atoms with E-state index in [1.54, 1.807) is 10.9 Å². The lowest BCUT2D eigenvalue weighted by Crippen LogP contribution is -2.03. The lowest BCUT2D eigenvalue weighted by atomic mass is 10.0. The van der Waals surface area contributed by atoms with E-state index in [1.165, 1.54) is 0 Å². The van der Waals surface area contributed by atoms with Crippen LogP contribution < -0.4 is 4.74 Å². The maximum atomic E-state index is 12.5. The number of nitrogens with zero attached hydrogens (tertiary/aromatic N) is 2. The predicted octanol–water partition coefficient (Wildman–Crippen LogP) is 2.15. The van der Waals surface area contributed by atoms with E-state index in [-0.39, 0.29) is 5.78 Å². The van der Waals surface area contributed by atoms with Crippen molar-refractivity contribution in [2.75, 3.05) is 6.61 Å². The molecule has 4 heteroatoms. The molecule has 3 rings (SSSR count). The zero-order valence-corrected chi connectivity index (χ0v) is 11.1. The number of benzene rings is 1. The predicted molar refractivity (Wildman–Crippen MR) is 71.7 cm³/mol. The molecule has 1 aromatic carbocycles. The summed E-state index contributed by atoms with van der Waals surface area (Å²) in [5.41, 5.74) is 3.38. The number of carbonyl (C=O) groups excluding carboxylic acids is 1. The summed E-state index contributed by atoms with van der Waals surface area (Å²) >= 11 is 0. The van der Waals surface area contributed by atoms with Gasteiger partial charge in [0.05, 0.1) is 17.9 Å². The van der Waals surface area contributed by atoms with Crippen molar-refractivity contribution in [3.8, 4) is 5.75 Å². The fourth-order valence-electron chi connectivity index (χ4n) is 2.47. The van der Waals surface area contributed by atoms with Crippen LogP contribution in [0.4, 0.5) is 0 Å². The topological polar surface area (TPSA) is 44.1 Å². The molecule has 2 aromatic rings. The molecule has 0 N–H and O–H groups in total. The Kier molecular flexibility index (Phi) is 2.85. The molecular formula is C15H16N2O2. The van der Waals surface area contributed by atoms with Gasteiger partial charge < -0.3 is 4.74 Å². The minimum atomic E-state index is 0.0413. The van der Waals surface area contributed by atoms with Gasteiger partial charge in [0.1, 0.15) is 5.75 Å². The molecule has 0 aliphatic carbocycles. The summed E-state index contributed by atoms with van der Waals surface area (Å²) in [4.78, 5) is 12.5. The summed E-state index contributed by atoms with van der Waals surface area (Å²) in [6.07, 6.45) is 3.44. The van der Waals surface area contributed by atoms with Crippen LogP contribution in [0.3, 0.4) is 0 Å². The Bertz CT molecular complexity index is 644. The molecule has 0 radical (unpaired) electrons. The number of ether oxygens (including phenoxy) is 1. The standard InChI is InChI=1S/C15H16N2O2/c1-3-13-12(9-17(2)16-13)15(18)11-4-5-14-10(8-11)6-7-19-14/h4-5,8-9H,3,6-7H2,1-2H3. The number of rotatable bonds is 3. The van der Waals surface area contributed by atoms with E-state index >= 15 is 0 Å². The average molecular weight is 256 g/mol. The molecule has 0 fully saturated rings. The van der Waals surface area contributed by atoms with Gasteiger partial charge in [-0.2, -0.15) is 5.10 Å². The van der Waals surface area contributed by atoms with Crippen molar-refractivity contribution in [1.29, 1.82) is 0 Å². The Balaban J connectivity index is 1.99. The number of ketones is 1. The largest absolute Gasteiger partial charge is 0.493 e. The number of aryl methyl sites for hydroxylation is 2. The molecule has 0 unspecified atom stereocenters. The molecule has 0 spiro atoms. The van der Waals surface area contributed by atoms with Gasteiger partial charge in [-0.3, -0.25) is 9.48 Å². The van der Waals surface area contributed by atoms with Crippen LogP contribution >= 0.6 is 0 Å². The Labute approximate surface area is 112 Å². The highest BCUT2D eigenvalue weighted by atomic mass is 16.5. The average Bonchev–Trinajstić information content (AvgIpc) is 3.02. The molecule has 4 nitrogen and oxygen atoms in total. The van der Waals surface area contributed by atoms with E-state index < -0.39 is 0 Å². The van der Waals surface area contributed by atoms with Gasteiger partial charge in [0.15, 0.2) is 5.78 Å². The molecule has 0 bridgehead atoms. The summed E-state index contributed by atoms with van der Waals surface area (Å²) < 4.78 is 7.16. The van der Waals surface area contributed by atoms with Crippen LogP contribution in [0.1, 0.15) is 34.1 Å². The Hall–Kier alpha value is -2.10. The third kappa shape index (κ3) is 2.03. The van der Waals surface area contributed by atoms with E-state index in [9.17, 15) is 4.79 Å². The fourth-order valence-corrected chi connectivity index (χ4v) is 2.47. The van der Waals surface area contributed by atoms with E-state index in [4.69, 9.17) is 4.74 Å². The molecule has 98 valence electrons. The quantitative estimate of drug-likeness (QED) is 0.790. The molecule has 0 saturated heterocycles. The number of carbonyl (C=O) groups is 1. The Morgan fingerprint density at radius 1 is 1.47 bits per heavy atom. The molecule has 0 atom stereocenters. The van der Waals surface area contributed by atoms with Gasteiger partial charge in [0, 0.05) is 25.2 Å². The smallest absolute Gasteiger partial charge is 0.196 e. The van der Waals surface area contributed by atoms with Crippen LogP contribution in [0, 0.1) is 0 Å². The monoisotopic (exact) mass is 256 g/mol. The second kappa shape index (κ2) is 4.53. The van der Waals surface area contributed by atoms with Gasteiger partial charge in [-0.15, -0.1) is 0 Å². The van der Waals surface area contributed by atoms with Crippen molar-refractivity contribution in [3.05, 3.63) is 46.8 Å². The zero-order valence-electron chi connectivity index (χ0n) is 11.1. The van der Waals surface area contributed by atoms with Crippen LogP contribution in [0.2, 0.25) is 0 Å². The van der Waals surface area contributed by atoms with Crippen LogP contribution in [-0.4, -0.2) is 22.2 Å². The summed E-state index contributed by atoms with van der Waals surface area (Å²) in [6, 6.07) is 5.66. The summed E-state index contributed by atoms with van der Waals surface area (Å²) in [7, 11) is 1.84. The maximum Gasteiger partial charge on any atom is 0.196 e. The molecule has 1 aromatic heterocycles. The number of hydrogen-bond donors (Lipinski definition) is 0. The van der Waals surface area contributed by atoms with E-state index in [0.29, 0.717) is 17.7 Å². The van der Waals surface area contributed by atoms with Crippen molar-refractivity contribution in [2.24, 2.45) is 7.05 Å². The Morgan fingerprint density at radius 2 is 2.32 bits per heavy atom. The first-order valence-electron chi connectivity index (χ1n) is 6.52. The van der Waals surface area contributed by atoms with E-state index in [2.05, 4.69) is 5.10 Å². The molecular weight excluding hydrogens is 240 g/mol. The van der Waals surface area contributed by atoms with Crippen LogP contribution in [-0.2, 0) is 19.9 Å². The number of hydrogen-bond acceptors (Lipinski definition) is 3.